The van der Waals surface area contributed by atoms with Crippen molar-refractivity contribution in [2.45, 2.75) is 44.2 Å². The van der Waals surface area contributed by atoms with Gasteiger partial charge in [-0.15, -0.1) is 0 Å². The van der Waals surface area contributed by atoms with Gasteiger partial charge in [-0.05, 0) is 25.0 Å². The maximum atomic E-state index is 12.5. The average Bonchev–Trinajstić information content (AvgIpc) is 2.48. The van der Waals surface area contributed by atoms with Crippen LogP contribution in [0.2, 0.25) is 0 Å². The Balaban J connectivity index is 2.06. The molecule has 0 spiro atoms. The van der Waals surface area contributed by atoms with E-state index in [0.29, 0.717) is 23.0 Å². The zero-order valence-electron chi connectivity index (χ0n) is 13.2. The molecule has 2 rings (SSSR count). The lowest BCUT2D eigenvalue weighted by Crippen LogP contribution is -2.49. The normalized spacial score (nSPS) is 22.0. The smallest absolute Gasteiger partial charge is 0.320 e. The van der Waals surface area contributed by atoms with Crippen LogP contribution >= 0.6 is 11.8 Å². The second kappa shape index (κ2) is 7.47. The Morgan fingerprint density at radius 3 is 2.74 bits per heavy atom. The molecule has 1 aliphatic rings. The molecule has 0 radical (unpaired) electrons. The third-order valence-electron chi connectivity index (χ3n) is 4.08. The van der Waals surface area contributed by atoms with Crippen molar-refractivity contribution in [1.29, 1.82) is 0 Å². The molecule has 0 saturated carbocycles. The number of thioether (sulfide) groups is 1. The first-order valence-corrected chi connectivity index (χ1v) is 8.66. The van der Waals surface area contributed by atoms with E-state index in [9.17, 15) is 18.0 Å². The van der Waals surface area contributed by atoms with Gasteiger partial charge in [0.2, 0.25) is 0 Å². The summed E-state index contributed by atoms with van der Waals surface area (Å²) in [5, 5.41) is 3.12. The molecule has 1 heterocycles. The van der Waals surface area contributed by atoms with Gasteiger partial charge < -0.3 is 10.2 Å². The molecule has 1 saturated heterocycles. The minimum absolute atomic E-state index is 0.0936. The number of hydrogen-bond acceptors (Lipinski definition) is 2. The largest absolute Gasteiger partial charge is 0.389 e. The maximum absolute atomic E-state index is 12.5. The third kappa shape index (κ3) is 5.06. The molecule has 0 aromatic heterocycles. The van der Waals surface area contributed by atoms with Gasteiger partial charge in [-0.1, -0.05) is 25.1 Å². The lowest BCUT2D eigenvalue weighted by Gasteiger charge is -2.37. The number of nitrogens with zero attached hydrogens (tertiary/aromatic N) is 1. The lowest BCUT2D eigenvalue weighted by molar-refractivity contribution is -0.133. The van der Waals surface area contributed by atoms with Crippen molar-refractivity contribution in [2.24, 2.45) is 0 Å². The number of nitrogens with one attached hydrogen (secondary N) is 1. The first-order chi connectivity index (χ1) is 10.8. The van der Waals surface area contributed by atoms with Crippen molar-refractivity contribution < 1.29 is 18.0 Å². The molecule has 23 heavy (non-hydrogen) atoms. The summed E-state index contributed by atoms with van der Waals surface area (Å²) >= 11 is 1.82. The van der Waals surface area contributed by atoms with Crippen molar-refractivity contribution in [3.8, 4) is 0 Å². The van der Waals surface area contributed by atoms with Crippen molar-refractivity contribution in [2.75, 3.05) is 17.6 Å². The van der Waals surface area contributed by atoms with Crippen LogP contribution in [-0.4, -0.2) is 40.7 Å². The summed E-state index contributed by atoms with van der Waals surface area (Å²) in [6.45, 7) is 4.71. The molecule has 0 unspecified atom stereocenters. The highest BCUT2D eigenvalue weighted by molar-refractivity contribution is 8.00. The van der Waals surface area contributed by atoms with E-state index in [1.54, 1.807) is 29.2 Å². The van der Waals surface area contributed by atoms with Crippen LogP contribution in [0.5, 0.6) is 0 Å². The Labute approximate surface area is 138 Å². The summed E-state index contributed by atoms with van der Waals surface area (Å²) in [6.07, 6.45) is -5.24. The monoisotopic (exact) mass is 346 g/mol. The van der Waals surface area contributed by atoms with Crippen molar-refractivity contribution in [3.05, 3.63) is 29.8 Å². The van der Waals surface area contributed by atoms with Crippen LogP contribution in [-0.2, 0) is 6.42 Å². The van der Waals surface area contributed by atoms with E-state index < -0.39 is 12.6 Å². The predicted molar refractivity (Wildman–Crippen MR) is 87.9 cm³/mol. The number of aryl methyl sites for hydroxylation is 1. The van der Waals surface area contributed by atoms with Crippen LogP contribution in [0.4, 0.5) is 23.7 Å². The fourth-order valence-electron chi connectivity index (χ4n) is 2.54. The minimum atomic E-state index is -4.20. The van der Waals surface area contributed by atoms with E-state index in [1.807, 2.05) is 18.7 Å². The highest BCUT2D eigenvalue weighted by atomic mass is 32.2. The van der Waals surface area contributed by atoms with Gasteiger partial charge in [0.1, 0.15) is 0 Å². The minimum Gasteiger partial charge on any atom is -0.320 e. The fraction of sp³-hybridized carbons (Fsp3) is 0.562. The number of carbonyl (C=O) groups is 1. The number of rotatable bonds is 3. The summed E-state index contributed by atoms with van der Waals surface area (Å²) in [4.78, 5) is 14.2. The molecule has 3 nitrogen and oxygen atoms in total. The molecule has 2 amide bonds. The number of para-hydroxylation sites is 1. The van der Waals surface area contributed by atoms with Gasteiger partial charge in [0.15, 0.2) is 0 Å². The molecule has 1 aliphatic heterocycles. The summed E-state index contributed by atoms with van der Waals surface area (Å²) in [5.41, 5.74) is 0.963. The Bertz CT molecular complexity index is 550. The number of benzene rings is 1. The molecule has 1 fully saturated rings. The van der Waals surface area contributed by atoms with E-state index in [4.69, 9.17) is 0 Å². The molecule has 128 valence electrons. The van der Waals surface area contributed by atoms with Crippen LogP contribution in [0.3, 0.4) is 0 Å². The van der Waals surface area contributed by atoms with Crippen LogP contribution in [0.1, 0.15) is 25.8 Å². The summed E-state index contributed by atoms with van der Waals surface area (Å²) < 4.78 is 37.3. The van der Waals surface area contributed by atoms with Crippen LogP contribution < -0.4 is 5.32 Å². The maximum Gasteiger partial charge on any atom is 0.389 e. The van der Waals surface area contributed by atoms with Gasteiger partial charge in [0.05, 0.1) is 0 Å². The van der Waals surface area contributed by atoms with E-state index in [1.165, 1.54) is 0 Å². The van der Waals surface area contributed by atoms with Crippen LogP contribution in [0.25, 0.3) is 0 Å². The number of alkyl halides is 3. The molecular weight excluding hydrogens is 325 g/mol. The summed E-state index contributed by atoms with van der Waals surface area (Å²) in [6, 6.07) is 6.52. The zero-order valence-corrected chi connectivity index (χ0v) is 14.0. The van der Waals surface area contributed by atoms with E-state index >= 15 is 0 Å². The third-order valence-corrected chi connectivity index (χ3v) is 5.42. The van der Waals surface area contributed by atoms with Gasteiger partial charge in [-0.2, -0.15) is 24.9 Å². The Hall–Kier alpha value is -1.37. The zero-order chi connectivity index (χ0) is 17.0. The van der Waals surface area contributed by atoms with Gasteiger partial charge in [-0.3, -0.25) is 0 Å². The highest BCUT2D eigenvalue weighted by Crippen LogP contribution is 2.27. The summed E-state index contributed by atoms with van der Waals surface area (Å²) in [7, 11) is 0. The van der Waals surface area contributed by atoms with Crippen molar-refractivity contribution >= 4 is 23.5 Å². The van der Waals surface area contributed by atoms with Gasteiger partial charge >= 0.3 is 12.2 Å². The Morgan fingerprint density at radius 2 is 2.04 bits per heavy atom. The first-order valence-electron chi connectivity index (χ1n) is 7.62. The summed E-state index contributed by atoms with van der Waals surface area (Å²) in [5.74, 6) is 0.870. The molecular formula is C16H21F3N2OS. The number of carbonyl (C=O) groups excluding carboxylic acids is 1. The molecule has 0 bridgehead atoms. The van der Waals surface area contributed by atoms with Crippen molar-refractivity contribution in [1.82, 2.24) is 4.90 Å². The van der Waals surface area contributed by atoms with Crippen LogP contribution in [0, 0.1) is 0 Å². The second-order valence-electron chi connectivity index (χ2n) is 5.71. The van der Waals surface area contributed by atoms with E-state index in [2.05, 4.69) is 12.2 Å². The Kier molecular flexibility index (Phi) is 5.84. The molecule has 1 aromatic carbocycles. The SMILES string of the molecule is C[C@@H]1SCCN(C(=O)Nc2ccccc2CCC(F)(F)F)[C@H]1C. The van der Waals surface area contributed by atoms with Crippen molar-refractivity contribution in [3.63, 3.8) is 0 Å². The topological polar surface area (TPSA) is 32.3 Å². The fourth-order valence-corrected chi connectivity index (χ4v) is 3.64. The molecule has 1 N–H and O–H groups in total. The molecule has 0 aliphatic carbocycles. The molecule has 2 atom stereocenters. The van der Waals surface area contributed by atoms with Gasteiger partial charge in [0, 0.05) is 35.7 Å². The highest BCUT2D eigenvalue weighted by Gasteiger charge is 2.30. The van der Waals surface area contributed by atoms with Crippen LogP contribution in [0.15, 0.2) is 24.3 Å². The number of hydrogen-bond donors (Lipinski definition) is 1. The second-order valence-corrected chi connectivity index (χ2v) is 7.20. The number of amides is 2. The van der Waals surface area contributed by atoms with Gasteiger partial charge in [-0.25, -0.2) is 4.79 Å². The van der Waals surface area contributed by atoms with E-state index in [-0.39, 0.29) is 18.5 Å². The number of halogens is 3. The van der Waals surface area contributed by atoms with E-state index in [0.717, 1.165) is 5.75 Å². The first kappa shape index (κ1) is 18.0. The molecule has 1 aromatic rings. The molecule has 7 heteroatoms. The Morgan fingerprint density at radius 1 is 1.35 bits per heavy atom. The van der Waals surface area contributed by atoms with Gasteiger partial charge in [0.25, 0.3) is 0 Å². The average molecular weight is 346 g/mol. The lowest BCUT2D eigenvalue weighted by atomic mass is 10.1. The standard InChI is InChI=1S/C16H21F3N2OS/c1-11-12(2)23-10-9-21(11)15(22)20-14-6-4-3-5-13(14)7-8-16(17,18)19/h3-6,11-12H,7-10H2,1-2H3,(H,20,22)/t11-,12-/m0/s1. The number of urea groups is 1. The quantitative estimate of drug-likeness (QED) is 0.871. The predicted octanol–water partition coefficient (Wildman–Crippen LogP) is 4.54. The number of anilines is 1.